The first kappa shape index (κ1) is 16.0. The topological polar surface area (TPSA) is 58.3 Å². The van der Waals surface area contributed by atoms with E-state index in [4.69, 9.17) is 4.42 Å². The fourth-order valence-electron chi connectivity index (χ4n) is 3.44. The van der Waals surface area contributed by atoms with Crippen LogP contribution in [0.25, 0.3) is 11.1 Å². The van der Waals surface area contributed by atoms with Crippen molar-refractivity contribution in [2.24, 2.45) is 0 Å². The van der Waals surface area contributed by atoms with Gasteiger partial charge in [-0.2, -0.15) is 0 Å². The summed E-state index contributed by atoms with van der Waals surface area (Å²) in [5.74, 6) is 1.87. The van der Waals surface area contributed by atoms with Gasteiger partial charge in [-0.05, 0) is 25.1 Å². The maximum absolute atomic E-state index is 5.81. The maximum atomic E-state index is 5.81. The van der Waals surface area contributed by atoms with Crippen LogP contribution in [0.1, 0.15) is 23.6 Å². The van der Waals surface area contributed by atoms with E-state index in [2.05, 4.69) is 24.8 Å². The fraction of sp³-hybridized carbons (Fsp3) is 0.421. The summed E-state index contributed by atoms with van der Waals surface area (Å²) in [7, 11) is 4.07. The van der Waals surface area contributed by atoms with Gasteiger partial charge in [0.05, 0.1) is 5.69 Å². The number of fused-ring (bicyclic) bond motifs is 2. The molecule has 0 saturated carbocycles. The molecule has 1 aromatic carbocycles. The fourth-order valence-corrected chi connectivity index (χ4v) is 3.44. The molecule has 25 heavy (non-hydrogen) atoms. The monoisotopic (exact) mass is 337 g/mol. The second-order valence-corrected chi connectivity index (χ2v) is 6.72. The van der Waals surface area contributed by atoms with Crippen LogP contribution in [0.4, 0.5) is 5.82 Å². The molecular weight excluding hydrogens is 314 g/mol. The molecule has 1 aliphatic heterocycles. The van der Waals surface area contributed by atoms with E-state index in [0.29, 0.717) is 0 Å². The molecule has 0 N–H and O–H groups in total. The first-order valence-corrected chi connectivity index (χ1v) is 8.77. The summed E-state index contributed by atoms with van der Waals surface area (Å²) < 4.78 is 5.81. The average molecular weight is 337 g/mol. The Hall–Kier alpha value is -2.47. The third kappa shape index (κ3) is 3.35. The molecule has 0 unspecified atom stereocenters. The summed E-state index contributed by atoms with van der Waals surface area (Å²) in [6, 6.07) is 7.93. The SMILES string of the molecule is CN(C)c1ncnc2c1CN(CCCc1nc3ccccc3o1)CC2. The Morgan fingerprint density at radius 2 is 2.08 bits per heavy atom. The average Bonchev–Trinajstić information content (AvgIpc) is 3.03. The molecule has 4 rings (SSSR count). The molecule has 0 bridgehead atoms. The summed E-state index contributed by atoms with van der Waals surface area (Å²) in [4.78, 5) is 18.0. The highest BCUT2D eigenvalue weighted by molar-refractivity contribution is 5.72. The minimum absolute atomic E-state index is 0.830. The van der Waals surface area contributed by atoms with Gasteiger partial charge in [-0.1, -0.05) is 12.1 Å². The molecule has 6 heteroatoms. The number of oxazole rings is 1. The molecule has 0 spiro atoms. The lowest BCUT2D eigenvalue weighted by Crippen LogP contribution is -2.33. The molecule has 130 valence electrons. The van der Waals surface area contributed by atoms with Crippen LogP contribution in [0, 0.1) is 0 Å². The molecule has 2 aromatic heterocycles. The lowest BCUT2D eigenvalue weighted by molar-refractivity contribution is 0.246. The van der Waals surface area contributed by atoms with Crippen molar-refractivity contribution >= 4 is 16.9 Å². The molecule has 1 aliphatic rings. The van der Waals surface area contributed by atoms with Crippen LogP contribution in [0.3, 0.4) is 0 Å². The molecule has 0 saturated heterocycles. The molecule has 0 radical (unpaired) electrons. The number of hydrogen-bond donors (Lipinski definition) is 0. The van der Waals surface area contributed by atoms with Crippen LogP contribution in [0.5, 0.6) is 0 Å². The smallest absolute Gasteiger partial charge is 0.195 e. The van der Waals surface area contributed by atoms with Crippen molar-refractivity contribution < 1.29 is 4.42 Å². The Morgan fingerprint density at radius 3 is 2.92 bits per heavy atom. The Balaban J connectivity index is 1.38. The molecule has 3 aromatic rings. The predicted molar refractivity (Wildman–Crippen MR) is 97.7 cm³/mol. The number of para-hydroxylation sites is 2. The maximum Gasteiger partial charge on any atom is 0.195 e. The largest absolute Gasteiger partial charge is 0.441 e. The van der Waals surface area contributed by atoms with Gasteiger partial charge in [0.2, 0.25) is 0 Å². The van der Waals surface area contributed by atoms with E-state index in [1.807, 2.05) is 38.4 Å². The standard InChI is InChI=1S/C19H23N5O/c1-23(2)19-14-12-24(11-9-15(14)20-13-21-19)10-5-8-18-22-16-6-3-4-7-17(16)25-18/h3-4,6-7,13H,5,8-12H2,1-2H3. The predicted octanol–water partition coefficient (Wildman–Crippen LogP) is 2.67. The lowest BCUT2D eigenvalue weighted by Gasteiger charge is -2.30. The van der Waals surface area contributed by atoms with Crippen LogP contribution in [-0.2, 0) is 19.4 Å². The zero-order chi connectivity index (χ0) is 17.2. The summed E-state index contributed by atoms with van der Waals surface area (Å²) >= 11 is 0. The molecule has 3 heterocycles. The number of aryl methyl sites for hydroxylation is 1. The van der Waals surface area contributed by atoms with Crippen LogP contribution in [0.15, 0.2) is 35.0 Å². The Bertz CT molecular complexity index is 840. The number of nitrogens with zero attached hydrogens (tertiary/aromatic N) is 5. The molecular formula is C19H23N5O. The zero-order valence-corrected chi connectivity index (χ0v) is 14.8. The molecule has 0 fully saturated rings. The Labute approximate surface area is 147 Å². The number of benzene rings is 1. The van der Waals surface area contributed by atoms with Crippen molar-refractivity contribution in [2.75, 3.05) is 32.1 Å². The highest BCUT2D eigenvalue weighted by Crippen LogP contribution is 2.24. The number of anilines is 1. The first-order valence-electron chi connectivity index (χ1n) is 8.77. The highest BCUT2D eigenvalue weighted by atomic mass is 16.3. The molecule has 0 aliphatic carbocycles. The quantitative estimate of drug-likeness (QED) is 0.713. The highest BCUT2D eigenvalue weighted by Gasteiger charge is 2.21. The van der Waals surface area contributed by atoms with E-state index in [1.165, 1.54) is 11.3 Å². The van der Waals surface area contributed by atoms with E-state index in [1.54, 1.807) is 6.33 Å². The van der Waals surface area contributed by atoms with E-state index in [9.17, 15) is 0 Å². The zero-order valence-electron chi connectivity index (χ0n) is 14.8. The summed E-state index contributed by atoms with van der Waals surface area (Å²) in [6.07, 6.45) is 4.57. The van der Waals surface area contributed by atoms with Gasteiger partial charge in [0.1, 0.15) is 17.7 Å². The van der Waals surface area contributed by atoms with E-state index < -0.39 is 0 Å². The van der Waals surface area contributed by atoms with Gasteiger partial charge in [-0.15, -0.1) is 0 Å². The lowest BCUT2D eigenvalue weighted by atomic mass is 10.1. The van der Waals surface area contributed by atoms with E-state index >= 15 is 0 Å². The normalized spacial score (nSPS) is 14.6. The van der Waals surface area contributed by atoms with Gasteiger partial charge in [-0.25, -0.2) is 15.0 Å². The molecule has 0 amide bonds. The third-order valence-corrected chi connectivity index (χ3v) is 4.69. The van der Waals surface area contributed by atoms with Gasteiger partial charge in [-0.3, -0.25) is 4.90 Å². The van der Waals surface area contributed by atoms with Gasteiger partial charge in [0, 0.05) is 45.6 Å². The number of rotatable bonds is 5. The van der Waals surface area contributed by atoms with Crippen molar-refractivity contribution in [3.05, 3.63) is 47.7 Å². The van der Waals surface area contributed by atoms with Crippen molar-refractivity contribution in [1.82, 2.24) is 19.9 Å². The minimum atomic E-state index is 0.830. The summed E-state index contributed by atoms with van der Waals surface area (Å²) in [6.45, 7) is 2.99. The van der Waals surface area contributed by atoms with Crippen molar-refractivity contribution in [3.63, 3.8) is 0 Å². The van der Waals surface area contributed by atoms with Gasteiger partial charge < -0.3 is 9.32 Å². The van der Waals surface area contributed by atoms with Crippen LogP contribution in [0.2, 0.25) is 0 Å². The number of aromatic nitrogens is 3. The first-order chi connectivity index (χ1) is 12.2. The second kappa shape index (κ2) is 6.80. The van der Waals surface area contributed by atoms with Crippen molar-refractivity contribution in [2.45, 2.75) is 25.8 Å². The number of hydrogen-bond acceptors (Lipinski definition) is 6. The van der Waals surface area contributed by atoms with Crippen molar-refractivity contribution in [1.29, 1.82) is 0 Å². The van der Waals surface area contributed by atoms with Crippen LogP contribution < -0.4 is 4.90 Å². The van der Waals surface area contributed by atoms with Crippen molar-refractivity contribution in [3.8, 4) is 0 Å². The van der Waals surface area contributed by atoms with Crippen LogP contribution in [-0.4, -0.2) is 47.0 Å². The summed E-state index contributed by atoms with van der Waals surface area (Å²) in [5.41, 5.74) is 4.27. The van der Waals surface area contributed by atoms with E-state index in [0.717, 1.165) is 61.7 Å². The van der Waals surface area contributed by atoms with Gasteiger partial charge >= 0.3 is 0 Å². The van der Waals surface area contributed by atoms with Crippen LogP contribution >= 0.6 is 0 Å². The summed E-state index contributed by atoms with van der Waals surface area (Å²) in [5, 5.41) is 0. The Kier molecular flexibility index (Phi) is 4.36. The molecule has 0 atom stereocenters. The van der Waals surface area contributed by atoms with Gasteiger partial charge in [0.25, 0.3) is 0 Å². The minimum Gasteiger partial charge on any atom is -0.441 e. The Morgan fingerprint density at radius 1 is 1.20 bits per heavy atom. The molecule has 6 nitrogen and oxygen atoms in total. The van der Waals surface area contributed by atoms with E-state index in [-0.39, 0.29) is 0 Å². The second-order valence-electron chi connectivity index (χ2n) is 6.72. The van der Waals surface area contributed by atoms with Gasteiger partial charge in [0.15, 0.2) is 11.5 Å². The third-order valence-electron chi connectivity index (χ3n) is 4.69.